The Bertz CT molecular complexity index is 39.8. The Morgan fingerprint density at radius 3 is 2.38 bits per heavy atom. The lowest BCUT2D eigenvalue weighted by atomic mass is 10.2. The van der Waals surface area contributed by atoms with Crippen molar-refractivity contribution in [1.82, 2.24) is 0 Å². The minimum Gasteiger partial charge on any atom is -0.0863 e. The first kappa shape index (κ1) is 9.46. The van der Waals surface area contributed by atoms with Gasteiger partial charge in [0, 0.05) is 8.35 Å². The standard InChI is InChI=1S/C6H12I2/c1-2-3-6(8)4-5-7/h6H,2-5H2,1H3. The second-order valence-corrected chi connectivity index (χ2v) is 4.70. The molecule has 0 aromatic carbocycles. The lowest BCUT2D eigenvalue weighted by Gasteiger charge is -2.02. The molecule has 0 spiro atoms. The summed E-state index contributed by atoms with van der Waals surface area (Å²) in [5, 5.41) is 0. The van der Waals surface area contributed by atoms with Crippen molar-refractivity contribution in [3.8, 4) is 0 Å². The van der Waals surface area contributed by atoms with Gasteiger partial charge in [0.2, 0.25) is 0 Å². The average Bonchev–Trinajstić information content (AvgIpc) is 1.68. The van der Waals surface area contributed by atoms with Gasteiger partial charge in [0.25, 0.3) is 0 Å². The minimum atomic E-state index is 0.925. The molecule has 0 aliphatic heterocycles. The maximum Gasteiger partial charge on any atom is 0.0117 e. The Kier molecular flexibility index (Phi) is 7.78. The first-order valence-corrected chi connectivity index (χ1v) is 5.78. The van der Waals surface area contributed by atoms with Gasteiger partial charge in [0.1, 0.15) is 0 Å². The molecule has 0 aliphatic carbocycles. The van der Waals surface area contributed by atoms with Crippen LogP contribution in [0.2, 0.25) is 0 Å². The fourth-order valence-electron chi connectivity index (χ4n) is 0.576. The summed E-state index contributed by atoms with van der Waals surface area (Å²) in [6, 6.07) is 0. The summed E-state index contributed by atoms with van der Waals surface area (Å²) in [6.45, 7) is 2.25. The zero-order chi connectivity index (χ0) is 6.41. The molecule has 1 atom stereocenters. The lowest BCUT2D eigenvalue weighted by Crippen LogP contribution is -1.95. The molecule has 0 saturated carbocycles. The van der Waals surface area contributed by atoms with Crippen LogP contribution in [0.25, 0.3) is 0 Å². The minimum absolute atomic E-state index is 0.925. The van der Waals surface area contributed by atoms with Gasteiger partial charge in [-0.1, -0.05) is 58.5 Å². The summed E-state index contributed by atoms with van der Waals surface area (Å²) in [5.74, 6) is 0. The monoisotopic (exact) mass is 338 g/mol. The third-order valence-corrected chi connectivity index (χ3v) is 2.89. The molecule has 0 rings (SSSR count). The van der Waals surface area contributed by atoms with Gasteiger partial charge in [-0.25, -0.2) is 0 Å². The number of halogens is 2. The van der Waals surface area contributed by atoms with E-state index in [0.29, 0.717) is 0 Å². The SMILES string of the molecule is CCCC(I)CCI. The molecular weight excluding hydrogens is 326 g/mol. The summed E-state index contributed by atoms with van der Waals surface area (Å²) in [6.07, 6.45) is 4.11. The summed E-state index contributed by atoms with van der Waals surface area (Å²) in [5.41, 5.74) is 0. The highest BCUT2D eigenvalue weighted by Crippen LogP contribution is 2.13. The Hall–Kier alpha value is 1.46. The molecule has 0 saturated heterocycles. The smallest absolute Gasteiger partial charge is 0.0117 e. The van der Waals surface area contributed by atoms with Crippen LogP contribution in [0.15, 0.2) is 0 Å². The Labute approximate surface area is 79.1 Å². The maximum atomic E-state index is 2.54. The number of hydrogen-bond donors (Lipinski definition) is 0. The molecule has 50 valence electrons. The molecule has 1 unspecified atom stereocenters. The van der Waals surface area contributed by atoms with Crippen molar-refractivity contribution < 1.29 is 0 Å². The van der Waals surface area contributed by atoms with Crippen molar-refractivity contribution in [3.05, 3.63) is 0 Å². The van der Waals surface area contributed by atoms with Crippen molar-refractivity contribution in [3.63, 3.8) is 0 Å². The molecule has 0 radical (unpaired) electrons. The van der Waals surface area contributed by atoms with Crippen LogP contribution >= 0.6 is 45.2 Å². The molecule has 0 heterocycles. The molecule has 0 amide bonds. The van der Waals surface area contributed by atoms with Gasteiger partial charge < -0.3 is 0 Å². The molecule has 0 bridgehead atoms. The van der Waals surface area contributed by atoms with Gasteiger partial charge in [-0.3, -0.25) is 0 Å². The van der Waals surface area contributed by atoms with E-state index in [0.717, 1.165) is 3.92 Å². The molecule has 0 nitrogen and oxygen atoms in total. The second-order valence-electron chi connectivity index (χ2n) is 1.86. The fraction of sp³-hybridized carbons (Fsp3) is 1.00. The van der Waals surface area contributed by atoms with E-state index >= 15 is 0 Å². The van der Waals surface area contributed by atoms with Gasteiger partial charge in [0.15, 0.2) is 0 Å². The van der Waals surface area contributed by atoms with E-state index in [-0.39, 0.29) is 0 Å². The van der Waals surface area contributed by atoms with Crippen molar-refractivity contribution in [2.75, 3.05) is 4.43 Å². The summed E-state index contributed by atoms with van der Waals surface area (Å²) >= 11 is 4.97. The summed E-state index contributed by atoms with van der Waals surface area (Å²) in [7, 11) is 0. The number of alkyl halides is 2. The van der Waals surface area contributed by atoms with E-state index in [1.807, 2.05) is 0 Å². The van der Waals surface area contributed by atoms with Crippen LogP contribution in [-0.4, -0.2) is 8.35 Å². The molecule has 2 heteroatoms. The Morgan fingerprint density at radius 2 is 2.00 bits per heavy atom. The molecule has 0 N–H and O–H groups in total. The van der Waals surface area contributed by atoms with Crippen molar-refractivity contribution in [1.29, 1.82) is 0 Å². The van der Waals surface area contributed by atoms with Crippen molar-refractivity contribution >= 4 is 45.2 Å². The van der Waals surface area contributed by atoms with E-state index in [1.165, 1.54) is 23.7 Å². The van der Waals surface area contributed by atoms with E-state index in [9.17, 15) is 0 Å². The third kappa shape index (κ3) is 5.59. The first-order valence-electron chi connectivity index (χ1n) is 3.01. The number of rotatable bonds is 4. The quantitative estimate of drug-likeness (QED) is 0.544. The van der Waals surface area contributed by atoms with E-state index in [4.69, 9.17) is 0 Å². The van der Waals surface area contributed by atoms with Crippen LogP contribution in [0.5, 0.6) is 0 Å². The summed E-state index contributed by atoms with van der Waals surface area (Å²) < 4.78 is 2.24. The average molecular weight is 338 g/mol. The molecule has 0 fully saturated rings. The van der Waals surface area contributed by atoms with Gasteiger partial charge in [-0.15, -0.1) is 0 Å². The van der Waals surface area contributed by atoms with E-state index < -0.39 is 0 Å². The normalized spacial score (nSPS) is 13.9. The summed E-state index contributed by atoms with van der Waals surface area (Å²) in [4.78, 5) is 0. The highest BCUT2D eigenvalue weighted by Gasteiger charge is 1.98. The highest BCUT2D eigenvalue weighted by molar-refractivity contribution is 14.1. The van der Waals surface area contributed by atoms with Crippen LogP contribution in [0, 0.1) is 0 Å². The zero-order valence-electron chi connectivity index (χ0n) is 5.16. The Morgan fingerprint density at radius 1 is 1.38 bits per heavy atom. The molecular formula is C6H12I2. The van der Waals surface area contributed by atoms with Crippen molar-refractivity contribution in [2.24, 2.45) is 0 Å². The fourth-order valence-corrected chi connectivity index (χ4v) is 3.45. The lowest BCUT2D eigenvalue weighted by molar-refractivity contribution is 0.749. The third-order valence-electron chi connectivity index (χ3n) is 1.02. The second kappa shape index (κ2) is 6.58. The van der Waals surface area contributed by atoms with E-state index in [1.54, 1.807) is 0 Å². The first-order chi connectivity index (χ1) is 3.81. The molecule has 0 aliphatic rings. The number of hydrogen-bond acceptors (Lipinski definition) is 0. The topological polar surface area (TPSA) is 0 Å². The van der Waals surface area contributed by atoms with Gasteiger partial charge in [0.05, 0.1) is 0 Å². The van der Waals surface area contributed by atoms with Crippen LogP contribution in [0.4, 0.5) is 0 Å². The van der Waals surface area contributed by atoms with Crippen LogP contribution in [0.1, 0.15) is 26.2 Å². The Balaban J connectivity index is 2.92. The van der Waals surface area contributed by atoms with Crippen LogP contribution in [0.3, 0.4) is 0 Å². The molecule has 8 heavy (non-hydrogen) atoms. The van der Waals surface area contributed by atoms with Gasteiger partial charge in [-0.2, -0.15) is 0 Å². The van der Waals surface area contributed by atoms with Gasteiger partial charge in [-0.05, 0) is 12.8 Å². The van der Waals surface area contributed by atoms with Crippen LogP contribution < -0.4 is 0 Å². The highest BCUT2D eigenvalue weighted by atomic mass is 127. The maximum absolute atomic E-state index is 2.54. The molecule has 0 aromatic rings. The van der Waals surface area contributed by atoms with Crippen molar-refractivity contribution in [2.45, 2.75) is 30.1 Å². The predicted octanol–water partition coefficient (Wildman–Crippen LogP) is 3.42. The predicted molar refractivity (Wildman–Crippen MR) is 56.2 cm³/mol. The zero-order valence-corrected chi connectivity index (χ0v) is 9.48. The van der Waals surface area contributed by atoms with Crippen LogP contribution in [-0.2, 0) is 0 Å². The van der Waals surface area contributed by atoms with E-state index in [2.05, 4.69) is 52.1 Å². The van der Waals surface area contributed by atoms with Gasteiger partial charge >= 0.3 is 0 Å². The molecule has 0 aromatic heterocycles. The largest absolute Gasteiger partial charge is 0.0863 e.